The first-order valence-corrected chi connectivity index (χ1v) is 15.4. The Balaban J connectivity index is 1.13. The number of piperazine rings is 1. The fourth-order valence-electron chi connectivity index (χ4n) is 5.73. The van der Waals surface area contributed by atoms with E-state index in [1.165, 1.54) is 0 Å². The maximum Gasteiger partial charge on any atom is 0.274 e. The van der Waals surface area contributed by atoms with Crippen LogP contribution in [0.3, 0.4) is 0 Å². The van der Waals surface area contributed by atoms with Gasteiger partial charge in [0.05, 0.1) is 27.1 Å². The first kappa shape index (κ1) is 29.4. The van der Waals surface area contributed by atoms with Crippen LogP contribution in [0.15, 0.2) is 66.7 Å². The van der Waals surface area contributed by atoms with Gasteiger partial charge in [0.1, 0.15) is 24.7 Å². The Kier molecular flexibility index (Phi) is 8.79. The van der Waals surface area contributed by atoms with E-state index in [1.54, 1.807) is 4.90 Å². The Hall–Kier alpha value is -3.72. The number of ether oxygens (including phenoxy) is 2. The van der Waals surface area contributed by atoms with Crippen LogP contribution in [-0.2, 0) is 0 Å². The number of halogens is 2. The third kappa shape index (κ3) is 6.18. The first-order valence-electron chi connectivity index (χ1n) is 14.6. The minimum atomic E-state index is -0.0913. The number of fused-ring (bicyclic) bond motifs is 1. The quantitative estimate of drug-likeness (QED) is 0.234. The van der Waals surface area contributed by atoms with E-state index < -0.39 is 0 Å². The third-order valence-electron chi connectivity index (χ3n) is 8.08. The van der Waals surface area contributed by atoms with Crippen molar-refractivity contribution in [2.75, 3.05) is 64.4 Å². The molecule has 10 heteroatoms. The number of amides is 1. The molecule has 1 saturated heterocycles. The van der Waals surface area contributed by atoms with Crippen molar-refractivity contribution in [3.8, 4) is 28.6 Å². The maximum absolute atomic E-state index is 13.7. The Bertz CT molecular complexity index is 1600. The number of imidazole rings is 1. The van der Waals surface area contributed by atoms with Gasteiger partial charge >= 0.3 is 0 Å². The highest BCUT2D eigenvalue weighted by Gasteiger charge is 2.25. The number of hydrogen-bond acceptors (Lipinski definition) is 6. The molecule has 6 rings (SSSR count). The van der Waals surface area contributed by atoms with Crippen molar-refractivity contribution < 1.29 is 14.3 Å². The molecule has 3 heterocycles. The van der Waals surface area contributed by atoms with Crippen LogP contribution in [0.25, 0.3) is 17.1 Å². The van der Waals surface area contributed by atoms with Gasteiger partial charge in [-0.1, -0.05) is 59.6 Å². The molecule has 2 aliphatic rings. The van der Waals surface area contributed by atoms with Gasteiger partial charge in [-0.3, -0.25) is 14.3 Å². The molecular weight excluding hydrogens is 585 g/mol. The highest BCUT2D eigenvalue weighted by molar-refractivity contribution is 6.43. The Morgan fingerprint density at radius 1 is 0.930 bits per heavy atom. The highest BCUT2D eigenvalue weighted by atomic mass is 35.5. The summed E-state index contributed by atoms with van der Waals surface area (Å²) >= 11 is 12.7. The Labute approximate surface area is 262 Å². The number of carbonyl (C=O) groups excluding carboxylic acids is 1. The summed E-state index contributed by atoms with van der Waals surface area (Å²) in [5.41, 5.74) is 4.01. The minimum absolute atomic E-state index is 0.0913. The summed E-state index contributed by atoms with van der Waals surface area (Å²) in [4.78, 5) is 25.1. The lowest BCUT2D eigenvalue weighted by atomic mass is 10.2. The van der Waals surface area contributed by atoms with Gasteiger partial charge in [0.2, 0.25) is 0 Å². The number of rotatable bonds is 8. The maximum atomic E-state index is 13.7. The van der Waals surface area contributed by atoms with Gasteiger partial charge in [0.25, 0.3) is 5.91 Å². The summed E-state index contributed by atoms with van der Waals surface area (Å²) in [6, 6.07) is 21.6. The summed E-state index contributed by atoms with van der Waals surface area (Å²) in [5, 5.41) is 1.19. The highest BCUT2D eigenvalue weighted by Crippen LogP contribution is 2.35. The fourth-order valence-corrected chi connectivity index (χ4v) is 6.15. The van der Waals surface area contributed by atoms with Crippen molar-refractivity contribution >= 4 is 34.8 Å². The molecule has 0 aliphatic carbocycles. The number of anilines is 1. The van der Waals surface area contributed by atoms with Gasteiger partial charge in [-0.05, 0) is 44.2 Å². The SMILES string of the molecule is Cc1c(C(=O)N(C)CCCN2CCN(c3cccc(Cl)c3Cl)CC2)nc(-c2ccccc2)n1-c1ccc2c(c1)OCCO2. The van der Waals surface area contributed by atoms with E-state index in [1.807, 2.05) is 85.3 Å². The number of carbonyl (C=O) groups is 1. The van der Waals surface area contributed by atoms with Crippen molar-refractivity contribution in [3.05, 3.63) is 88.2 Å². The summed E-state index contributed by atoms with van der Waals surface area (Å²) in [5.74, 6) is 2.03. The van der Waals surface area contributed by atoms with E-state index in [0.717, 1.165) is 67.5 Å². The zero-order chi connectivity index (χ0) is 29.9. The molecule has 0 N–H and O–H groups in total. The Morgan fingerprint density at radius 2 is 1.67 bits per heavy atom. The van der Waals surface area contributed by atoms with Crippen LogP contribution in [0.1, 0.15) is 22.6 Å². The number of nitrogens with zero attached hydrogens (tertiary/aromatic N) is 5. The Morgan fingerprint density at radius 3 is 2.44 bits per heavy atom. The molecule has 1 aromatic heterocycles. The molecule has 1 fully saturated rings. The van der Waals surface area contributed by atoms with Gasteiger partial charge in [-0.15, -0.1) is 0 Å². The molecule has 2 aliphatic heterocycles. The van der Waals surface area contributed by atoms with Gasteiger partial charge in [0, 0.05) is 51.4 Å². The molecule has 3 aromatic carbocycles. The molecular formula is C33H35Cl2N5O3. The molecule has 0 radical (unpaired) electrons. The summed E-state index contributed by atoms with van der Waals surface area (Å²) < 4.78 is 13.6. The molecule has 224 valence electrons. The minimum Gasteiger partial charge on any atom is -0.486 e. The smallest absolute Gasteiger partial charge is 0.274 e. The monoisotopic (exact) mass is 619 g/mol. The van der Waals surface area contributed by atoms with Crippen molar-refractivity contribution in [3.63, 3.8) is 0 Å². The molecule has 0 atom stereocenters. The predicted molar refractivity (Wildman–Crippen MR) is 171 cm³/mol. The van der Waals surface area contributed by atoms with E-state index in [9.17, 15) is 4.79 Å². The van der Waals surface area contributed by atoms with E-state index in [0.29, 0.717) is 47.1 Å². The second-order valence-corrected chi connectivity index (χ2v) is 11.7. The van der Waals surface area contributed by atoms with E-state index >= 15 is 0 Å². The summed E-state index contributed by atoms with van der Waals surface area (Å²) in [6.45, 7) is 8.16. The van der Waals surface area contributed by atoms with Crippen molar-refractivity contribution in [2.45, 2.75) is 13.3 Å². The standard InChI is InChI=1S/C33H35Cl2N5O3/c1-23-31(33(41)37(2)14-7-15-38-16-18-39(19-17-38)27-11-6-10-26(34)30(27)35)36-32(24-8-4-3-5-9-24)40(23)25-12-13-28-29(22-25)43-21-20-42-28/h3-6,8-13,22H,7,14-21H2,1-2H3. The molecule has 0 saturated carbocycles. The van der Waals surface area contributed by atoms with Crippen LogP contribution in [0, 0.1) is 6.92 Å². The molecule has 0 spiro atoms. The zero-order valence-electron chi connectivity index (χ0n) is 24.4. The van der Waals surface area contributed by atoms with Gasteiger partial charge < -0.3 is 19.3 Å². The normalized spacial score (nSPS) is 15.0. The summed E-state index contributed by atoms with van der Waals surface area (Å²) in [7, 11) is 1.85. The van der Waals surface area contributed by atoms with Crippen LogP contribution >= 0.6 is 23.2 Å². The molecule has 0 unspecified atom stereocenters. The number of hydrogen-bond donors (Lipinski definition) is 0. The van der Waals surface area contributed by atoms with Crippen molar-refractivity contribution in [1.29, 1.82) is 0 Å². The lowest BCUT2D eigenvalue weighted by Gasteiger charge is -2.36. The van der Waals surface area contributed by atoms with Crippen molar-refractivity contribution in [1.82, 2.24) is 19.4 Å². The fraction of sp³-hybridized carbons (Fsp3) is 0.333. The van der Waals surface area contributed by atoms with Crippen molar-refractivity contribution in [2.24, 2.45) is 0 Å². The molecule has 4 aromatic rings. The molecule has 8 nitrogen and oxygen atoms in total. The molecule has 43 heavy (non-hydrogen) atoms. The molecule has 0 bridgehead atoms. The lowest BCUT2D eigenvalue weighted by Crippen LogP contribution is -2.47. The van der Waals surface area contributed by atoms with E-state index in [4.69, 9.17) is 37.7 Å². The van der Waals surface area contributed by atoms with E-state index in [2.05, 4.69) is 9.80 Å². The third-order valence-corrected chi connectivity index (χ3v) is 8.89. The summed E-state index contributed by atoms with van der Waals surface area (Å²) in [6.07, 6.45) is 0.869. The van der Waals surface area contributed by atoms with Crippen LogP contribution in [0.2, 0.25) is 10.0 Å². The van der Waals surface area contributed by atoms with Crippen LogP contribution < -0.4 is 14.4 Å². The van der Waals surface area contributed by atoms with Crippen LogP contribution in [0.4, 0.5) is 5.69 Å². The predicted octanol–water partition coefficient (Wildman–Crippen LogP) is 6.21. The topological polar surface area (TPSA) is 63.1 Å². The first-order chi connectivity index (χ1) is 20.9. The lowest BCUT2D eigenvalue weighted by molar-refractivity contribution is 0.0782. The average molecular weight is 621 g/mol. The largest absolute Gasteiger partial charge is 0.486 e. The van der Waals surface area contributed by atoms with Gasteiger partial charge in [-0.2, -0.15) is 0 Å². The second-order valence-electron chi connectivity index (χ2n) is 10.9. The average Bonchev–Trinajstić information content (AvgIpc) is 3.39. The van der Waals surface area contributed by atoms with Crippen LogP contribution in [-0.4, -0.2) is 84.8 Å². The van der Waals surface area contributed by atoms with Gasteiger partial charge in [0.15, 0.2) is 11.5 Å². The number of benzene rings is 3. The van der Waals surface area contributed by atoms with E-state index in [-0.39, 0.29) is 5.91 Å². The van der Waals surface area contributed by atoms with Gasteiger partial charge in [-0.25, -0.2) is 4.98 Å². The van der Waals surface area contributed by atoms with Crippen LogP contribution in [0.5, 0.6) is 11.5 Å². The second kappa shape index (κ2) is 12.9. The zero-order valence-corrected chi connectivity index (χ0v) is 25.9. The number of aromatic nitrogens is 2. The molecule has 1 amide bonds.